The summed E-state index contributed by atoms with van der Waals surface area (Å²) in [7, 11) is 0. The van der Waals surface area contributed by atoms with E-state index >= 15 is 0 Å². The van der Waals surface area contributed by atoms with Crippen molar-refractivity contribution in [3.8, 4) is 16.9 Å². The Morgan fingerprint density at radius 3 is 1.82 bits per heavy atom. The van der Waals surface area contributed by atoms with Crippen LogP contribution in [0.3, 0.4) is 0 Å². The molecule has 51 heavy (non-hydrogen) atoms. The van der Waals surface area contributed by atoms with E-state index in [0.29, 0.717) is 16.1 Å². The molecule has 1 aromatic heterocycles. The number of fused-ring (bicyclic) bond motifs is 10. The van der Waals surface area contributed by atoms with E-state index in [2.05, 4.69) is 53.4 Å². The molecule has 242 valence electrons. The molecule has 0 spiro atoms. The summed E-state index contributed by atoms with van der Waals surface area (Å²) in [5, 5.41) is 30.6. The maximum absolute atomic E-state index is 14.5. The number of phenols is 1. The first-order valence-electron chi connectivity index (χ1n) is 15.1. The van der Waals surface area contributed by atoms with Crippen molar-refractivity contribution < 1.29 is 133 Å². The number of hydrogen-bond acceptors (Lipinski definition) is 5. The molecule has 0 bridgehead atoms. The van der Waals surface area contributed by atoms with Gasteiger partial charge in [-0.25, -0.2) is 4.39 Å². The van der Waals surface area contributed by atoms with Crippen LogP contribution in [0.5, 0.6) is 5.75 Å². The predicted molar refractivity (Wildman–Crippen MR) is 196 cm³/mol. The van der Waals surface area contributed by atoms with Crippen LogP contribution in [0.2, 0.25) is 10.0 Å². The van der Waals surface area contributed by atoms with Crippen molar-refractivity contribution in [2.24, 2.45) is 0 Å². The molecular weight excluding hydrogens is 741 g/mol. The fourth-order valence-electron chi connectivity index (χ4n) is 6.41. The van der Waals surface area contributed by atoms with E-state index in [4.69, 9.17) is 37.7 Å². The Labute approximate surface area is 388 Å². The number of para-hydroxylation sites is 1. The summed E-state index contributed by atoms with van der Waals surface area (Å²) in [5.74, 6) is -0.487. The zero-order valence-corrected chi connectivity index (χ0v) is 35.3. The number of aromatic hydroxyl groups is 1. The fourth-order valence-corrected chi connectivity index (χ4v) is 6.79. The molecular formula is C41H25Cl2FK2O5. The smallest absolute Gasteiger partial charge is 1.00 e. The first-order chi connectivity index (χ1) is 23.9. The molecule has 8 aromatic carbocycles. The second-order valence-electron chi connectivity index (χ2n) is 11.2. The van der Waals surface area contributed by atoms with Crippen LogP contribution in [0.1, 0.15) is 1.43 Å². The van der Waals surface area contributed by atoms with Crippen LogP contribution in [0.15, 0.2) is 138 Å². The van der Waals surface area contributed by atoms with Crippen LogP contribution in [0, 0.1) is 5.82 Å². The van der Waals surface area contributed by atoms with Gasteiger partial charge in [-0.05, 0) is 67.4 Å². The number of carbonyl (C=O) groups excluding carboxylic acids is 1. The summed E-state index contributed by atoms with van der Waals surface area (Å²) in [6, 6.07) is 43.0. The fraction of sp³-hybridized carbons (Fsp3) is 0. The predicted octanol–water partition coefficient (Wildman–Crippen LogP) is 5.26. The SMILES string of the molecule is Clc1cccc2c1oc1ccc3c4ccccc4ccc3c12.O=CO[O-].Oc1ccc2c(ccc3ccccc32)c1-c1cccc(Cl)c1F.[H-].[K+].[K+]. The summed E-state index contributed by atoms with van der Waals surface area (Å²) < 4.78 is 20.4. The van der Waals surface area contributed by atoms with Crippen molar-refractivity contribution in [3.63, 3.8) is 0 Å². The second kappa shape index (κ2) is 17.6. The number of halogens is 3. The average molecular weight is 766 g/mol. The Morgan fingerprint density at radius 2 is 1.16 bits per heavy atom. The van der Waals surface area contributed by atoms with Gasteiger partial charge in [-0.3, -0.25) is 4.79 Å². The number of rotatable bonds is 2. The van der Waals surface area contributed by atoms with E-state index < -0.39 is 5.82 Å². The standard InChI is InChI=1S/C20H12ClFO.C20H11ClO.CH2O3.2K.H/c21-17-7-3-6-16(20(17)22)19-15-9-8-12-4-1-2-5-13(12)14(15)10-11-18(19)23;21-17-7-3-6-16-19-15-9-8-12-4-1-2-5-13(12)14(15)10-11-18(19)22-20(16)17;2-1-4-3;;;/h1-11,23H;1-11H;1,3H;;;/q;;;2*+1;-1/p-1. The third-order valence-corrected chi connectivity index (χ3v) is 9.09. The molecule has 0 saturated carbocycles. The average Bonchev–Trinajstić information content (AvgIpc) is 3.54. The van der Waals surface area contributed by atoms with Crippen LogP contribution in [0.25, 0.3) is 76.2 Å². The maximum Gasteiger partial charge on any atom is 1.00 e. The van der Waals surface area contributed by atoms with Crippen LogP contribution in [-0.4, -0.2) is 11.6 Å². The number of hydrogen-bond donors (Lipinski definition) is 1. The minimum Gasteiger partial charge on any atom is -1.00 e. The van der Waals surface area contributed by atoms with Gasteiger partial charge in [-0.2, -0.15) is 0 Å². The molecule has 0 aliphatic rings. The van der Waals surface area contributed by atoms with Gasteiger partial charge >= 0.3 is 103 Å². The molecule has 1 N–H and O–H groups in total. The molecule has 0 aliphatic carbocycles. The summed E-state index contributed by atoms with van der Waals surface area (Å²) in [6.07, 6.45) is 0. The van der Waals surface area contributed by atoms with Crippen molar-refractivity contribution in [2.75, 3.05) is 0 Å². The van der Waals surface area contributed by atoms with Crippen molar-refractivity contribution in [3.05, 3.63) is 149 Å². The quantitative estimate of drug-likeness (QED) is 0.0855. The summed E-state index contributed by atoms with van der Waals surface area (Å²) in [4.78, 5) is 11.2. The van der Waals surface area contributed by atoms with Gasteiger partial charge in [0.25, 0.3) is 6.47 Å². The third kappa shape index (κ3) is 7.81. The molecule has 9 aromatic rings. The topological polar surface area (TPSA) is 82.7 Å². The summed E-state index contributed by atoms with van der Waals surface area (Å²) in [6.45, 7) is -0.181. The van der Waals surface area contributed by atoms with E-state index in [1.54, 1.807) is 18.2 Å². The van der Waals surface area contributed by atoms with Crippen molar-refractivity contribution in [1.29, 1.82) is 0 Å². The Morgan fingerprint density at radius 1 is 0.627 bits per heavy atom. The summed E-state index contributed by atoms with van der Waals surface area (Å²) in [5.41, 5.74) is 2.41. The number of phenolic OH excluding ortho intramolecular Hbond substituents is 1. The Hall–Kier alpha value is -2.39. The monoisotopic (exact) mass is 764 g/mol. The molecule has 10 heteroatoms. The van der Waals surface area contributed by atoms with Gasteiger partial charge in [0.15, 0.2) is 5.58 Å². The van der Waals surface area contributed by atoms with E-state index in [0.717, 1.165) is 43.5 Å². The third-order valence-electron chi connectivity index (χ3n) is 8.50. The zero-order valence-electron chi connectivity index (χ0n) is 28.5. The molecule has 0 amide bonds. The molecule has 9 rings (SSSR count). The van der Waals surface area contributed by atoms with Gasteiger partial charge < -0.3 is 21.1 Å². The number of carbonyl (C=O) groups is 1. The Kier molecular flexibility index (Phi) is 13.8. The van der Waals surface area contributed by atoms with Gasteiger partial charge in [-0.1, -0.05) is 132 Å². The molecule has 0 atom stereocenters. The van der Waals surface area contributed by atoms with Crippen molar-refractivity contribution in [1.82, 2.24) is 0 Å². The van der Waals surface area contributed by atoms with Gasteiger partial charge in [0.05, 0.1) is 10.0 Å². The molecule has 0 aliphatic heterocycles. The van der Waals surface area contributed by atoms with Crippen molar-refractivity contribution >= 4 is 94.7 Å². The maximum atomic E-state index is 14.5. The molecule has 0 saturated heterocycles. The van der Waals surface area contributed by atoms with Gasteiger partial charge in [-0.15, -0.1) is 0 Å². The van der Waals surface area contributed by atoms with E-state index in [-0.39, 0.29) is 121 Å². The van der Waals surface area contributed by atoms with Crippen molar-refractivity contribution in [2.45, 2.75) is 0 Å². The largest absolute Gasteiger partial charge is 1.00 e. The normalized spacial score (nSPS) is 10.6. The first-order valence-corrected chi connectivity index (χ1v) is 15.9. The first kappa shape index (κ1) is 39.8. The van der Waals surface area contributed by atoms with E-state index in [1.807, 2.05) is 60.7 Å². The summed E-state index contributed by atoms with van der Waals surface area (Å²) >= 11 is 12.2. The Bertz CT molecular complexity index is 2700. The van der Waals surface area contributed by atoms with E-state index in [1.165, 1.54) is 27.6 Å². The van der Waals surface area contributed by atoms with Crippen LogP contribution >= 0.6 is 23.2 Å². The van der Waals surface area contributed by atoms with Gasteiger partial charge in [0.2, 0.25) is 0 Å². The second-order valence-corrected chi connectivity index (χ2v) is 12.0. The molecule has 5 nitrogen and oxygen atoms in total. The van der Waals surface area contributed by atoms with Crippen LogP contribution in [0.4, 0.5) is 4.39 Å². The zero-order chi connectivity index (χ0) is 34.1. The van der Waals surface area contributed by atoms with Crippen LogP contribution < -0.4 is 108 Å². The van der Waals surface area contributed by atoms with Crippen LogP contribution in [-0.2, 0) is 9.68 Å². The number of furan rings is 1. The van der Waals surface area contributed by atoms with E-state index in [9.17, 15) is 9.50 Å². The molecule has 1 heterocycles. The minimum absolute atomic E-state index is 0. The molecule has 0 radical (unpaired) electrons. The Balaban J connectivity index is 0.000000201. The molecule has 0 unspecified atom stereocenters. The number of benzene rings is 8. The molecule has 0 fully saturated rings. The minimum atomic E-state index is -0.523. The van der Waals surface area contributed by atoms with Gasteiger partial charge in [0.1, 0.15) is 17.1 Å². The van der Waals surface area contributed by atoms with Gasteiger partial charge in [0, 0.05) is 21.9 Å².